The van der Waals surface area contributed by atoms with E-state index in [1.165, 1.54) is 0 Å². The summed E-state index contributed by atoms with van der Waals surface area (Å²) in [5.74, 6) is -1.35. The summed E-state index contributed by atoms with van der Waals surface area (Å²) in [6, 6.07) is 4.93. The molecule has 1 saturated carbocycles. The molecule has 1 aliphatic rings. The van der Waals surface area contributed by atoms with Gasteiger partial charge in [-0.05, 0) is 53.4 Å². The van der Waals surface area contributed by atoms with Crippen LogP contribution in [0.5, 0.6) is 0 Å². The predicted molar refractivity (Wildman–Crippen MR) is 74.8 cm³/mol. The minimum atomic E-state index is -0.787. The number of carbonyl (C=O) groups excluding carboxylic acids is 1. The summed E-state index contributed by atoms with van der Waals surface area (Å²) in [6.45, 7) is 0. The molecule has 0 spiro atoms. The van der Waals surface area contributed by atoms with Gasteiger partial charge >= 0.3 is 5.97 Å². The fraction of sp³-hybridized carbons (Fsp3) is 0.385. The first-order valence-electron chi connectivity index (χ1n) is 6.06. The molecule has 1 aliphatic carbocycles. The van der Waals surface area contributed by atoms with Gasteiger partial charge in [0.05, 0.1) is 5.92 Å². The van der Waals surface area contributed by atoms with Crippen molar-refractivity contribution in [2.75, 3.05) is 5.73 Å². The Kier molecular flexibility index (Phi) is 4.09. The van der Waals surface area contributed by atoms with E-state index in [1.54, 1.807) is 18.2 Å². The predicted octanol–water partition coefficient (Wildman–Crippen LogP) is 2.01. The Balaban J connectivity index is 1.98. The molecule has 0 heterocycles. The van der Waals surface area contributed by atoms with Gasteiger partial charge in [-0.25, -0.2) is 0 Å². The Labute approximate surface area is 119 Å². The van der Waals surface area contributed by atoms with Crippen molar-refractivity contribution < 1.29 is 14.7 Å². The van der Waals surface area contributed by atoms with E-state index >= 15 is 0 Å². The highest BCUT2D eigenvalue weighted by Crippen LogP contribution is 2.26. The molecule has 1 amide bonds. The van der Waals surface area contributed by atoms with Gasteiger partial charge in [0.15, 0.2) is 0 Å². The highest BCUT2D eigenvalue weighted by atomic mass is 79.9. The maximum absolute atomic E-state index is 12.0. The Hall–Kier alpha value is -1.56. The lowest BCUT2D eigenvalue weighted by Gasteiger charge is -2.13. The van der Waals surface area contributed by atoms with E-state index in [-0.39, 0.29) is 17.9 Å². The van der Waals surface area contributed by atoms with Gasteiger partial charge in [0.2, 0.25) is 0 Å². The molecular formula is C13H15BrN2O3. The SMILES string of the molecule is Nc1cc(C(=O)NC2CCC(C(=O)O)C2)ccc1Br. The Bertz CT molecular complexity index is 519. The maximum atomic E-state index is 12.0. The average Bonchev–Trinajstić information content (AvgIpc) is 2.81. The van der Waals surface area contributed by atoms with Crippen LogP contribution in [0.25, 0.3) is 0 Å². The van der Waals surface area contributed by atoms with Crippen molar-refractivity contribution >= 4 is 33.5 Å². The second-order valence-electron chi connectivity index (χ2n) is 4.75. The number of hydrogen-bond acceptors (Lipinski definition) is 3. The van der Waals surface area contributed by atoms with Gasteiger partial charge in [0.25, 0.3) is 5.91 Å². The largest absolute Gasteiger partial charge is 0.481 e. The van der Waals surface area contributed by atoms with Gasteiger partial charge < -0.3 is 16.2 Å². The van der Waals surface area contributed by atoms with Crippen LogP contribution in [0.2, 0.25) is 0 Å². The summed E-state index contributed by atoms with van der Waals surface area (Å²) in [5, 5.41) is 11.8. The highest BCUT2D eigenvalue weighted by Gasteiger charge is 2.30. The summed E-state index contributed by atoms with van der Waals surface area (Å²) in [6.07, 6.45) is 1.81. The normalized spacial score (nSPS) is 22.2. The van der Waals surface area contributed by atoms with E-state index in [9.17, 15) is 9.59 Å². The van der Waals surface area contributed by atoms with Crippen molar-refractivity contribution in [3.63, 3.8) is 0 Å². The van der Waals surface area contributed by atoms with E-state index in [0.29, 0.717) is 30.5 Å². The van der Waals surface area contributed by atoms with E-state index in [1.807, 2.05) is 0 Å². The Morgan fingerprint density at radius 2 is 2.11 bits per heavy atom. The summed E-state index contributed by atoms with van der Waals surface area (Å²) in [5.41, 5.74) is 6.71. The number of amides is 1. The number of aliphatic carboxylic acids is 1. The van der Waals surface area contributed by atoms with Gasteiger partial charge in [-0.15, -0.1) is 0 Å². The smallest absolute Gasteiger partial charge is 0.306 e. The third-order valence-electron chi connectivity index (χ3n) is 3.38. The van der Waals surface area contributed by atoms with Crippen molar-refractivity contribution in [2.45, 2.75) is 25.3 Å². The number of anilines is 1. The molecule has 6 heteroatoms. The number of hydrogen-bond donors (Lipinski definition) is 3. The lowest BCUT2D eigenvalue weighted by Crippen LogP contribution is -2.33. The molecule has 19 heavy (non-hydrogen) atoms. The van der Waals surface area contributed by atoms with E-state index < -0.39 is 5.97 Å². The zero-order valence-electron chi connectivity index (χ0n) is 10.2. The zero-order valence-corrected chi connectivity index (χ0v) is 11.8. The molecule has 1 aromatic rings. The summed E-state index contributed by atoms with van der Waals surface area (Å²) in [4.78, 5) is 22.9. The van der Waals surface area contributed by atoms with Crippen molar-refractivity contribution in [1.82, 2.24) is 5.32 Å². The van der Waals surface area contributed by atoms with Crippen molar-refractivity contribution in [3.05, 3.63) is 28.2 Å². The summed E-state index contributed by atoms with van der Waals surface area (Å²) in [7, 11) is 0. The summed E-state index contributed by atoms with van der Waals surface area (Å²) >= 11 is 3.27. The van der Waals surface area contributed by atoms with Gasteiger partial charge in [-0.3, -0.25) is 9.59 Å². The van der Waals surface area contributed by atoms with Crippen LogP contribution in [-0.4, -0.2) is 23.0 Å². The van der Waals surface area contributed by atoms with Crippen LogP contribution in [-0.2, 0) is 4.79 Å². The van der Waals surface area contributed by atoms with Crippen LogP contribution >= 0.6 is 15.9 Å². The third-order valence-corrected chi connectivity index (χ3v) is 4.10. The third kappa shape index (κ3) is 3.26. The zero-order chi connectivity index (χ0) is 14.0. The number of benzene rings is 1. The van der Waals surface area contributed by atoms with Gasteiger partial charge in [0.1, 0.15) is 0 Å². The standard InChI is InChI=1S/C13H15BrN2O3/c14-10-4-2-7(6-11(10)15)12(17)16-9-3-1-8(5-9)13(18)19/h2,4,6,8-9H,1,3,5,15H2,(H,16,17)(H,18,19). The molecule has 0 saturated heterocycles. The number of halogens is 1. The second kappa shape index (κ2) is 5.61. The first-order chi connectivity index (χ1) is 8.97. The molecule has 2 unspecified atom stereocenters. The molecular weight excluding hydrogens is 312 g/mol. The maximum Gasteiger partial charge on any atom is 0.306 e. The van der Waals surface area contributed by atoms with Crippen LogP contribution < -0.4 is 11.1 Å². The Morgan fingerprint density at radius 1 is 1.37 bits per heavy atom. The number of nitrogen functional groups attached to an aromatic ring is 1. The number of rotatable bonds is 3. The first kappa shape index (κ1) is 13.9. The molecule has 2 rings (SSSR count). The van der Waals surface area contributed by atoms with E-state index in [2.05, 4.69) is 21.2 Å². The fourth-order valence-electron chi connectivity index (χ4n) is 2.29. The van der Waals surface area contributed by atoms with Crippen LogP contribution in [0, 0.1) is 5.92 Å². The van der Waals surface area contributed by atoms with Crippen molar-refractivity contribution in [3.8, 4) is 0 Å². The molecule has 1 aromatic carbocycles. The van der Waals surface area contributed by atoms with Crippen LogP contribution in [0.1, 0.15) is 29.6 Å². The number of nitrogens with one attached hydrogen (secondary N) is 1. The monoisotopic (exact) mass is 326 g/mol. The molecule has 5 nitrogen and oxygen atoms in total. The van der Waals surface area contributed by atoms with Gasteiger partial charge in [-0.1, -0.05) is 0 Å². The van der Waals surface area contributed by atoms with E-state index in [4.69, 9.17) is 10.8 Å². The van der Waals surface area contributed by atoms with Gasteiger partial charge in [0, 0.05) is 21.8 Å². The lowest BCUT2D eigenvalue weighted by molar-refractivity contribution is -0.141. The number of carbonyl (C=O) groups is 2. The van der Waals surface area contributed by atoms with Gasteiger partial charge in [-0.2, -0.15) is 0 Å². The molecule has 0 aromatic heterocycles. The molecule has 0 bridgehead atoms. The minimum absolute atomic E-state index is 0.0709. The van der Waals surface area contributed by atoms with Crippen LogP contribution in [0.3, 0.4) is 0 Å². The van der Waals surface area contributed by atoms with Crippen LogP contribution in [0.4, 0.5) is 5.69 Å². The summed E-state index contributed by atoms with van der Waals surface area (Å²) < 4.78 is 0.746. The topological polar surface area (TPSA) is 92.4 Å². The molecule has 1 fully saturated rings. The Morgan fingerprint density at radius 3 is 2.68 bits per heavy atom. The molecule has 0 radical (unpaired) electrons. The first-order valence-corrected chi connectivity index (χ1v) is 6.85. The molecule has 2 atom stereocenters. The lowest BCUT2D eigenvalue weighted by atomic mass is 10.1. The number of carboxylic acid groups (broad SMARTS) is 1. The quantitative estimate of drug-likeness (QED) is 0.741. The number of nitrogens with two attached hydrogens (primary N) is 1. The minimum Gasteiger partial charge on any atom is -0.481 e. The fourth-order valence-corrected chi connectivity index (χ4v) is 2.54. The molecule has 0 aliphatic heterocycles. The highest BCUT2D eigenvalue weighted by molar-refractivity contribution is 9.10. The van der Waals surface area contributed by atoms with Crippen molar-refractivity contribution in [1.29, 1.82) is 0 Å². The second-order valence-corrected chi connectivity index (χ2v) is 5.61. The number of carboxylic acids is 1. The van der Waals surface area contributed by atoms with Crippen LogP contribution in [0.15, 0.2) is 22.7 Å². The van der Waals surface area contributed by atoms with Crippen molar-refractivity contribution in [2.24, 2.45) is 5.92 Å². The molecule has 102 valence electrons. The van der Waals surface area contributed by atoms with E-state index in [0.717, 1.165) is 4.47 Å². The molecule has 4 N–H and O–H groups in total. The average molecular weight is 327 g/mol.